The third-order valence-corrected chi connectivity index (χ3v) is 7.95. The number of nitrogens with zero attached hydrogens (tertiary/aromatic N) is 1. The summed E-state index contributed by atoms with van der Waals surface area (Å²) in [6.07, 6.45) is 3.87. The fourth-order valence-electron chi connectivity index (χ4n) is 5.02. The molecule has 1 aromatic heterocycles. The van der Waals surface area contributed by atoms with Crippen molar-refractivity contribution in [1.29, 1.82) is 0 Å². The third kappa shape index (κ3) is 5.15. The zero-order valence-electron chi connectivity index (χ0n) is 18.6. The van der Waals surface area contributed by atoms with Crippen molar-refractivity contribution in [1.82, 2.24) is 15.6 Å². The van der Waals surface area contributed by atoms with Gasteiger partial charge in [-0.2, -0.15) is 0 Å². The topological polar surface area (TPSA) is 89.5 Å². The molecule has 1 heterocycles. The monoisotopic (exact) mass is 495 g/mol. The van der Waals surface area contributed by atoms with Gasteiger partial charge in [0.15, 0.2) is 6.61 Å². The van der Waals surface area contributed by atoms with E-state index < -0.39 is 5.82 Å². The van der Waals surface area contributed by atoms with E-state index in [1.165, 1.54) is 23.5 Å². The predicted octanol–water partition coefficient (Wildman–Crippen LogP) is 4.10. The quantitative estimate of drug-likeness (QED) is 0.575. The number of ether oxygens (including phenoxy) is 2. The van der Waals surface area contributed by atoms with Gasteiger partial charge in [-0.1, -0.05) is 18.5 Å². The van der Waals surface area contributed by atoms with Gasteiger partial charge in [0.25, 0.3) is 11.8 Å². The van der Waals surface area contributed by atoms with Crippen molar-refractivity contribution in [3.8, 4) is 5.75 Å². The number of methoxy groups -OCH3 is 1. The van der Waals surface area contributed by atoms with Gasteiger partial charge in [0, 0.05) is 29.6 Å². The van der Waals surface area contributed by atoms with Crippen LogP contribution in [0.2, 0.25) is 5.02 Å². The molecule has 0 saturated heterocycles. The Morgan fingerprint density at radius 1 is 1.27 bits per heavy atom. The number of amides is 2. The van der Waals surface area contributed by atoms with Crippen LogP contribution in [-0.2, 0) is 16.1 Å². The van der Waals surface area contributed by atoms with Gasteiger partial charge in [0.05, 0.1) is 11.6 Å². The molecule has 7 nitrogen and oxygen atoms in total. The lowest BCUT2D eigenvalue weighted by atomic mass is 9.56. The minimum absolute atomic E-state index is 0.00435. The van der Waals surface area contributed by atoms with Gasteiger partial charge >= 0.3 is 0 Å². The second-order valence-corrected chi connectivity index (χ2v) is 10.3. The summed E-state index contributed by atoms with van der Waals surface area (Å²) in [6, 6.07) is 4.08. The molecular weight excluding hydrogens is 469 g/mol. The van der Waals surface area contributed by atoms with Gasteiger partial charge < -0.3 is 20.1 Å². The Balaban J connectivity index is 1.33. The summed E-state index contributed by atoms with van der Waals surface area (Å²) in [4.78, 5) is 29.8. The minimum atomic E-state index is -0.590. The summed E-state index contributed by atoms with van der Waals surface area (Å²) >= 11 is 7.09. The van der Waals surface area contributed by atoms with E-state index in [-0.39, 0.29) is 46.2 Å². The Kier molecular flexibility index (Phi) is 6.93. The van der Waals surface area contributed by atoms with E-state index in [1.54, 1.807) is 12.5 Å². The standard InChI is InChI=1S/C23H27ClFN3O4S/c1-14-10-22(28-21(30)18-13-33-20(26-18)12-31-2)5-7-23(14,8-6-22)27-19(29)11-32-15-3-4-16(24)17(25)9-15/h3-4,9,13-14H,5-8,10-12H2,1-2H3,(H,27,29)(H,28,30)/t14-,22?,23?/m0/s1. The van der Waals surface area contributed by atoms with E-state index >= 15 is 0 Å². The Labute approximate surface area is 201 Å². The van der Waals surface area contributed by atoms with Crippen molar-refractivity contribution >= 4 is 34.8 Å². The number of hydrogen-bond donors (Lipinski definition) is 2. The van der Waals surface area contributed by atoms with Crippen LogP contribution in [0.1, 0.15) is 54.5 Å². The van der Waals surface area contributed by atoms with Crippen LogP contribution in [0, 0.1) is 11.7 Å². The smallest absolute Gasteiger partial charge is 0.271 e. The molecule has 178 valence electrons. The van der Waals surface area contributed by atoms with Crippen molar-refractivity contribution in [3.63, 3.8) is 0 Å². The van der Waals surface area contributed by atoms with Crippen LogP contribution in [-0.4, -0.2) is 41.6 Å². The molecule has 3 aliphatic rings. The van der Waals surface area contributed by atoms with E-state index in [2.05, 4.69) is 22.5 Å². The number of carbonyl (C=O) groups is 2. The van der Waals surface area contributed by atoms with E-state index in [4.69, 9.17) is 21.1 Å². The van der Waals surface area contributed by atoms with Crippen molar-refractivity contribution in [2.45, 2.75) is 56.7 Å². The second-order valence-electron chi connectivity index (χ2n) is 8.97. The zero-order chi connectivity index (χ0) is 23.6. The molecule has 1 atom stereocenters. The molecule has 0 aliphatic heterocycles. The predicted molar refractivity (Wildman–Crippen MR) is 123 cm³/mol. The lowest BCUT2D eigenvalue weighted by molar-refractivity contribution is -0.128. The zero-order valence-corrected chi connectivity index (χ0v) is 20.2. The van der Waals surface area contributed by atoms with Crippen LogP contribution >= 0.6 is 22.9 Å². The summed E-state index contributed by atoms with van der Waals surface area (Å²) in [5.41, 5.74) is -0.198. The normalized spacial score (nSPS) is 26.1. The van der Waals surface area contributed by atoms with Gasteiger partial charge in [0.2, 0.25) is 0 Å². The number of aromatic nitrogens is 1. The summed E-state index contributed by atoms with van der Waals surface area (Å²) in [5.74, 6) is -0.571. The van der Waals surface area contributed by atoms with Crippen molar-refractivity contribution in [3.05, 3.63) is 45.1 Å². The molecule has 33 heavy (non-hydrogen) atoms. The first-order chi connectivity index (χ1) is 15.7. The molecule has 0 spiro atoms. The van der Waals surface area contributed by atoms with Crippen molar-refractivity contribution in [2.75, 3.05) is 13.7 Å². The molecule has 2 aromatic rings. The van der Waals surface area contributed by atoms with Crippen molar-refractivity contribution in [2.24, 2.45) is 5.92 Å². The highest BCUT2D eigenvalue weighted by Crippen LogP contribution is 2.50. The van der Waals surface area contributed by atoms with Gasteiger partial charge in [-0.25, -0.2) is 9.37 Å². The number of rotatable bonds is 8. The summed E-state index contributed by atoms with van der Waals surface area (Å²) in [7, 11) is 1.60. The highest BCUT2D eigenvalue weighted by atomic mass is 35.5. The average Bonchev–Trinajstić information content (AvgIpc) is 3.25. The Bertz CT molecular complexity index is 1040. The fourth-order valence-corrected chi connectivity index (χ4v) is 5.88. The van der Waals surface area contributed by atoms with Crippen LogP contribution < -0.4 is 15.4 Å². The van der Waals surface area contributed by atoms with Crippen LogP contribution in [0.15, 0.2) is 23.6 Å². The molecule has 0 radical (unpaired) electrons. The lowest BCUT2D eigenvalue weighted by Gasteiger charge is -2.57. The molecule has 5 rings (SSSR count). The maximum absolute atomic E-state index is 13.6. The van der Waals surface area contributed by atoms with Crippen LogP contribution in [0.3, 0.4) is 0 Å². The van der Waals surface area contributed by atoms with E-state index in [0.29, 0.717) is 12.3 Å². The Morgan fingerprint density at radius 2 is 2.03 bits per heavy atom. The molecular formula is C23H27ClFN3O4S. The fraction of sp³-hybridized carbons (Fsp3) is 0.522. The van der Waals surface area contributed by atoms with E-state index in [9.17, 15) is 14.0 Å². The molecule has 3 saturated carbocycles. The Hall–Kier alpha value is -2.23. The summed E-state index contributed by atoms with van der Waals surface area (Å²) < 4.78 is 24.1. The highest BCUT2D eigenvalue weighted by Gasteiger charge is 2.54. The number of thiazole rings is 1. The number of halogens is 2. The molecule has 2 bridgehead atoms. The van der Waals surface area contributed by atoms with Gasteiger partial charge in [-0.15, -0.1) is 11.3 Å². The largest absolute Gasteiger partial charge is 0.484 e. The third-order valence-electron chi connectivity index (χ3n) is 6.82. The highest BCUT2D eigenvalue weighted by molar-refractivity contribution is 7.09. The summed E-state index contributed by atoms with van der Waals surface area (Å²) in [6.45, 7) is 2.29. The second kappa shape index (κ2) is 9.56. The molecule has 1 aromatic carbocycles. The van der Waals surface area contributed by atoms with E-state index in [1.807, 2.05) is 0 Å². The minimum Gasteiger partial charge on any atom is -0.484 e. The lowest BCUT2D eigenvalue weighted by Crippen LogP contribution is -2.67. The van der Waals surface area contributed by atoms with Crippen LogP contribution in [0.25, 0.3) is 0 Å². The number of nitrogens with one attached hydrogen (secondary N) is 2. The first-order valence-electron chi connectivity index (χ1n) is 10.9. The van der Waals surface area contributed by atoms with Crippen molar-refractivity contribution < 1.29 is 23.5 Å². The molecule has 3 aliphatic carbocycles. The maximum Gasteiger partial charge on any atom is 0.271 e. The number of carbonyl (C=O) groups excluding carboxylic acids is 2. The molecule has 2 N–H and O–H groups in total. The van der Waals surface area contributed by atoms with Crippen LogP contribution in [0.5, 0.6) is 5.75 Å². The van der Waals surface area contributed by atoms with Gasteiger partial charge in [-0.3, -0.25) is 9.59 Å². The number of benzene rings is 1. The number of fused-ring (bicyclic) bond motifs is 3. The van der Waals surface area contributed by atoms with E-state index in [0.717, 1.165) is 43.2 Å². The molecule has 10 heteroatoms. The Morgan fingerprint density at radius 3 is 2.70 bits per heavy atom. The molecule has 0 unspecified atom stereocenters. The SMILES string of the molecule is COCc1nc(C(=O)NC23CCC(NC(=O)COc4ccc(Cl)c(F)c4)(CC2)[C@@H](C)C3)cs1. The molecule has 2 amide bonds. The maximum atomic E-state index is 13.6. The average molecular weight is 496 g/mol. The molecule has 3 fully saturated rings. The first-order valence-corrected chi connectivity index (χ1v) is 12.1. The van der Waals surface area contributed by atoms with Gasteiger partial charge in [0.1, 0.15) is 22.3 Å². The van der Waals surface area contributed by atoms with Gasteiger partial charge in [-0.05, 0) is 50.2 Å². The summed E-state index contributed by atoms with van der Waals surface area (Å²) in [5, 5.41) is 8.92. The van der Waals surface area contributed by atoms with Crippen LogP contribution in [0.4, 0.5) is 4.39 Å². The number of hydrogen-bond acceptors (Lipinski definition) is 6. The first kappa shape index (κ1) is 23.9.